The van der Waals surface area contributed by atoms with E-state index in [1.807, 2.05) is 0 Å². The van der Waals surface area contributed by atoms with Crippen LogP contribution in [0.3, 0.4) is 0 Å². The van der Waals surface area contributed by atoms with E-state index in [9.17, 15) is 0 Å². The van der Waals surface area contributed by atoms with Crippen molar-refractivity contribution in [1.29, 1.82) is 0 Å². The maximum absolute atomic E-state index is 5.50. The first kappa shape index (κ1) is 29.9. The molecule has 0 fully saturated rings. The molecule has 0 unspecified atom stereocenters. The van der Waals surface area contributed by atoms with Crippen LogP contribution in [0.15, 0.2) is 170 Å². The highest BCUT2D eigenvalue weighted by Gasteiger charge is 2.35. The average Bonchev–Trinajstić information content (AvgIpc) is 3.82. The van der Waals surface area contributed by atoms with Crippen LogP contribution in [0.4, 0.5) is 0 Å². The van der Waals surface area contributed by atoms with Gasteiger partial charge in [0.2, 0.25) is 5.95 Å². The van der Waals surface area contributed by atoms with Gasteiger partial charge in [-0.25, -0.2) is 9.97 Å². The van der Waals surface area contributed by atoms with Crippen molar-refractivity contribution in [3.8, 4) is 45.3 Å². The van der Waals surface area contributed by atoms with Crippen LogP contribution >= 0.6 is 0 Å². The van der Waals surface area contributed by atoms with Gasteiger partial charge in [-0.3, -0.25) is 4.57 Å². The van der Waals surface area contributed by atoms with Crippen molar-refractivity contribution in [3.05, 3.63) is 181 Å². The van der Waals surface area contributed by atoms with Gasteiger partial charge < -0.3 is 4.57 Å². The van der Waals surface area contributed by atoms with E-state index >= 15 is 0 Å². The molecule has 0 spiro atoms. The maximum Gasteiger partial charge on any atom is 0.235 e. The fraction of sp³-hybridized carbons (Fsp3) is 0.0612. The summed E-state index contributed by atoms with van der Waals surface area (Å²) >= 11 is 0. The Bertz CT molecular complexity index is 3080. The van der Waals surface area contributed by atoms with Crippen LogP contribution in [0, 0.1) is 0 Å². The fourth-order valence-electron chi connectivity index (χ4n) is 8.86. The van der Waals surface area contributed by atoms with E-state index in [4.69, 9.17) is 9.97 Å². The Labute approximate surface area is 307 Å². The maximum atomic E-state index is 5.50. The summed E-state index contributed by atoms with van der Waals surface area (Å²) in [5.74, 6) is 0.646. The number of rotatable bonds is 4. The first-order valence-electron chi connectivity index (χ1n) is 18.3. The van der Waals surface area contributed by atoms with Crippen molar-refractivity contribution in [2.45, 2.75) is 19.3 Å². The van der Waals surface area contributed by atoms with Crippen molar-refractivity contribution >= 4 is 43.6 Å². The number of fused-ring (bicyclic) bond motifs is 10. The second-order valence-electron chi connectivity index (χ2n) is 14.6. The zero-order valence-corrected chi connectivity index (χ0v) is 29.5. The van der Waals surface area contributed by atoms with Gasteiger partial charge in [-0.1, -0.05) is 147 Å². The predicted octanol–water partition coefficient (Wildman–Crippen LogP) is 12.3. The molecule has 250 valence electrons. The lowest BCUT2D eigenvalue weighted by molar-refractivity contribution is 0.660. The number of hydrogen-bond donors (Lipinski definition) is 0. The lowest BCUT2D eigenvalue weighted by Crippen LogP contribution is -2.15. The summed E-state index contributed by atoms with van der Waals surface area (Å²) < 4.78 is 4.71. The topological polar surface area (TPSA) is 35.6 Å². The largest absolute Gasteiger partial charge is 0.307 e. The molecule has 0 saturated heterocycles. The molecule has 1 aliphatic carbocycles. The number of hydrogen-bond acceptors (Lipinski definition) is 2. The average molecular weight is 679 g/mol. The SMILES string of the molecule is CC1(C)c2ccccc2-c2ccc(-c3cc(-c4ccccc4)nc(-n4c5ccccc5c5ccc6c7ccccc7n(-c7ccccc7)c6c54)n3)cc21. The minimum Gasteiger partial charge on any atom is -0.307 e. The highest BCUT2D eigenvalue weighted by atomic mass is 15.2. The second kappa shape index (κ2) is 11.1. The molecule has 4 nitrogen and oxygen atoms in total. The molecular weight excluding hydrogens is 645 g/mol. The van der Waals surface area contributed by atoms with E-state index in [2.05, 4.69) is 193 Å². The number of nitrogens with zero attached hydrogens (tertiary/aromatic N) is 4. The Hall–Kier alpha value is -6.78. The van der Waals surface area contributed by atoms with Crippen molar-refractivity contribution in [1.82, 2.24) is 19.1 Å². The van der Waals surface area contributed by atoms with Gasteiger partial charge in [-0.2, -0.15) is 0 Å². The molecule has 53 heavy (non-hydrogen) atoms. The van der Waals surface area contributed by atoms with E-state index in [0.717, 1.165) is 44.8 Å². The summed E-state index contributed by atoms with van der Waals surface area (Å²) in [5.41, 5.74) is 14.7. The van der Waals surface area contributed by atoms with Crippen LogP contribution in [0.1, 0.15) is 25.0 Å². The zero-order chi connectivity index (χ0) is 35.3. The molecule has 10 aromatic rings. The molecular formula is C49H34N4. The van der Waals surface area contributed by atoms with Gasteiger partial charge in [0.05, 0.1) is 33.5 Å². The fourth-order valence-corrected chi connectivity index (χ4v) is 8.86. The molecule has 7 aromatic carbocycles. The molecule has 3 heterocycles. The van der Waals surface area contributed by atoms with E-state index in [-0.39, 0.29) is 5.41 Å². The van der Waals surface area contributed by atoms with Crippen LogP contribution < -0.4 is 0 Å². The summed E-state index contributed by atoms with van der Waals surface area (Å²) in [4.78, 5) is 10.9. The molecule has 0 aliphatic heterocycles. The van der Waals surface area contributed by atoms with Gasteiger partial charge in [0.15, 0.2) is 0 Å². The molecule has 0 bridgehead atoms. The first-order valence-corrected chi connectivity index (χ1v) is 18.3. The van der Waals surface area contributed by atoms with Gasteiger partial charge in [-0.15, -0.1) is 0 Å². The summed E-state index contributed by atoms with van der Waals surface area (Å²) in [7, 11) is 0. The molecule has 0 amide bonds. The quantitative estimate of drug-likeness (QED) is 0.186. The van der Waals surface area contributed by atoms with Gasteiger partial charge >= 0.3 is 0 Å². The van der Waals surface area contributed by atoms with Crippen LogP contribution in [-0.2, 0) is 5.41 Å². The minimum atomic E-state index is -0.122. The molecule has 11 rings (SSSR count). The Morgan fingerprint density at radius 1 is 0.415 bits per heavy atom. The van der Waals surface area contributed by atoms with Gasteiger partial charge in [0.25, 0.3) is 0 Å². The molecule has 1 aliphatic rings. The number of benzene rings is 7. The van der Waals surface area contributed by atoms with Crippen LogP contribution in [0.2, 0.25) is 0 Å². The molecule has 4 heteroatoms. The molecule has 0 radical (unpaired) electrons. The number of aromatic nitrogens is 4. The van der Waals surface area contributed by atoms with Crippen LogP contribution in [0.5, 0.6) is 0 Å². The summed E-state index contributed by atoms with van der Waals surface area (Å²) in [6.07, 6.45) is 0. The summed E-state index contributed by atoms with van der Waals surface area (Å²) in [6, 6.07) is 60.9. The normalized spacial score (nSPS) is 13.2. The standard InChI is InChI=1S/C49H34N4/c1-49(2)40-22-12-9-19-34(40)35-26-25-32(29-41(35)49)43-30-42(31-15-5-3-6-16-31)50-48(51-43)53-45-24-14-11-21-37(45)39-28-27-38-36-20-10-13-23-44(36)52(46(38)47(39)53)33-17-7-4-8-18-33/h3-30H,1-2H3. The lowest BCUT2D eigenvalue weighted by Gasteiger charge is -2.22. The van der Waals surface area contributed by atoms with E-state index in [1.54, 1.807) is 0 Å². The van der Waals surface area contributed by atoms with Crippen LogP contribution in [-0.4, -0.2) is 19.1 Å². The smallest absolute Gasteiger partial charge is 0.235 e. The predicted molar refractivity (Wildman–Crippen MR) is 219 cm³/mol. The third-order valence-corrected chi connectivity index (χ3v) is 11.3. The highest BCUT2D eigenvalue weighted by Crippen LogP contribution is 2.49. The van der Waals surface area contributed by atoms with Crippen molar-refractivity contribution in [3.63, 3.8) is 0 Å². The molecule has 0 saturated carbocycles. The Morgan fingerprint density at radius 3 is 1.68 bits per heavy atom. The third kappa shape index (κ3) is 4.30. The van der Waals surface area contributed by atoms with E-state index < -0.39 is 0 Å². The Kier molecular flexibility index (Phi) is 6.27. The Morgan fingerprint density at radius 2 is 0.962 bits per heavy atom. The van der Waals surface area contributed by atoms with Crippen molar-refractivity contribution in [2.24, 2.45) is 0 Å². The van der Waals surface area contributed by atoms with E-state index in [0.29, 0.717) is 5.95 Å². The molecule has 0 atom stereocenters. The first-order chi connectivity index (χ1) is 26.1. The summed E-state index contributed by atoms with van der Waals surface area (Å²) in [6.45, 7) is 4.66. The van der Waals surface area contributed by atoms with Gasteiger partial charge in [0, 0.05) is 43.8 Å². The third-order valence-electron chi connectivity index (χ3n) is 11.3. The number of para-hydroxylation sites is 3. The Balaban J connectivity index is 1.25. The van der Waals surface area contributed by atoms with Crippen LogP contribution in [0.25, 0.3) is 88.9 Å². The van der Waals surface area contributed by atoms with Gasteiger partial charge in [0.1, 0.15) is 0 Å². The molecule has 0 N–H and O–H groups in total. The summed E-state index contributed by atoms with van der Waals surface area (Å²) in [5, 5.41) is 4.74. The minimum absolute atomic E-state index is 0.122. The lowest BCUT2D eigenvalue weighted by atomic mass is 9.82. The second-order valence-corrected chi connectivity index (χ2v) is 14.6. The monoisotopic (exact) mass is 678 g/mol. The highest BCUT2D eigenvalue weighted by molar-refractivity contribution is 6.23. The molecule has 3 aromatic heterocycles. The zero-order valence-electron chi connectivity index (χ0n) is 29.5. The van der Waals surface area contributed by atoms with Gasteiger partial charge in [-0.05, 0) is 58.7 Å². The van der Waals surface area contributed by atoms with Crippen molar-refractivity contribution in [2.75, 3.05) is 0 Å². The van der Waals surface area contributed by atoms with Crippen molar-refractivity contribution < 1.29 is 0 Å². The van der Waals surface area contributed by atoms with E-state index in [1.165, 1.54) is 49.3 Å².